The Morgan fingerprint density at radius 1 is 1.44 bits per heavy atom. The van der Waals surface area contributed by atoms with Crippen LogP contribution in [0.4, 0.5) is 4.39 Å². The Hall–Kier alpha value is -1.63. The van der Waals surface area contributed by atoms with Gasteiger partial charge in [-0.15, -0.1) is 12.4 Å². The van der Waals surface area contributed by atoms with Crippen molar-refractivity contribution in [3.63, 3.8) is 0 Å². The van der Waals surface area contributed by atoms with Crippen LogP contribution in [0.3, 0.4) is 0 Å². The lowest BCUT2D eigenvalue weighted by Gasteiger charge is -2.29. The van der Waals surface area contributed by atoms with Gasteiger partial charge in [0, 0.05) is 13.6 Å². The average molecular weight is 390 g/mol. The van der Waals surface area contributed by atoms with Gasteiger partial charge in [-0.1, -0.05) is 36.7 Å². The van der Waals surface area contributed by atoms with Gasteiger partial charge >= 0.3 is 0 Å². The predicted octanol–water partition coefficient (Wildman–Crippen LogP) is 3.92. The quantitative estimate of drug-likeness (QED) is 0.840. The van der Waals surface area contributed by atoms with Crippen molar-refractivity contribution in [3.8, 4) is 11.3 Å². The molecule has 8 heteroatoms. The van der Waals surface area contributed by atoms with E-state index in [2.05, 4.69) is 5.16 Å². The van der Waals surface area contributed by atoms with Crippen LogP contribution in [-0.4, -0.2) is 36.1 Å². The van der Waals surface area contributed by atoms with Gasteiger partial charge < -0.3 is 15.2 Å². The zero-order valence-electron chi connectivity index (χ0n) is 14.6. The van der Waals surface area contributed by atoms with Crippen LogP contribution in [0, 0.1) is 18.2 Å². The molecule has 1 aromatic heterocycles. The second kappa shape index (κ2) is 8.17. The summed E-state index contributed by atoms with van der Waals surface area (Å²) in [5, 5.41) is 4.02. The van der Waals surface area contributed by atoms with E-state index in [-0.39, 0.29) is 45.6 Å². The van der Waals surface area contributed by atoms with Crippen LogP contribution >= 0.6 is 24.0 Å². The highest BCUT2D eigenvalue weighted by molar-refractivity contribution is 6.33. The van der Waals surface area contributed by atoms with Gasteiger partial charge in [0.2, 0.25) is 0 Å². The van der Waals surface area contributed by atoms with Gasteiger partial charge in [-0.2, -0.15) is 0 Å². The number of aromatic nitrogens is 1. The van der Waals surface area contributed by atoms with Gasteiger partial charge in [0.05, 0.1) is 10.6 Å². The highest BCUT2D eigenvalue weighted by Crippen LogP contribution is 2.34. The Balaban J connectivity index is 0.00000312. The van der Waals surface area contributed by atoms with E-state index in [1.54, 1.807) is 20.0 Å². The Bertz CT molecular complexity index is 742. The van der Waals surface area contributed by atoms with Crippen molar-refractivity contribution in [2.75, 3.05) is 20.1 Å². The minimum Gasteiger partial charge on any atom is -0.360 e. The summed E-state index contributed by atoms with van der Waals surface area (Å²) in [4.78, 5) is 14.4. The number of nitrogens with two attached hydrogens (primary N) is 1. The SMILES string of the molecule is Cc1onc(-c2c(F)cccc2Cl)c1C(=O)N(C)CC(C)(C)CN.Cl. The van der Waals surface area contributed by atoms with Crippen LogP contribution in [0.2, 0.25) is 5.02 Å². The van der Waals surface area contributed by atoms with Gasteiger partial charge in [-0.05, 0) is 31.0 Å². The number of carbonyl (C=O) groups is 1. The summed E-state index contributed by atoms with van der Waals surface area (Å²) >= 11 is 6.10. The fraction of sp³-hybridized carbons (Fsp3) is 0.412. The van der Waals surface area contributed by atoms with Crippen LogP contribution in [0.5, 0.6) is 0 Å². The first kappa shape index (κ1) is 21.4. The summed E-state index contributed by atoms with van der Waals surface area (Å²) in [5.74, 6) is -0.564. The molecule has 0 atom stereocenters. The van der Waals surface area contributed by atoms with Gasteiger partial charge in [0.25, 0.3) is 5.91 Å². The second-order valence-electron chi connectivity index (χ2n) is 6.59. The fourth-order valence-electron chi connectivity index (χ4n) is 2.49. The molecule has 0 aliphatic rings. The Morgan fingerprint density at radius 2 is 2.08 bits per heavy atom. The molecule has 25 heavy (non-hydrogen) atoms. The first-order valence-corrected chi connectivity index (χ1v) is 7.92. The topological polar surface area (TPSA) is 72.4 Å². The highest BCUT2D eigenvalue weighted by atomic mass is 35.5. The third kappa shape index (κ3) is 4.51. The first-order valence-electron chi connectivity index (χ1n) is 7.54. The van der Waals surface area contributed by atoms with Crippen molar-refractivity contribution in [1.29, 1.82) is 0 Å². The molecule has 0 aliphatic heterocycles. The molecule has 0 unspecified atom stereocenters. The van der Waals surface area contributed by atoms with Crippen molar-refractivity contribution in [2.24, 2.45) is 11.1 Å². The summed E-state index contributed by atoms with van der Waals surface area (Å²) in [5.41, 5.74) is 5.86. The molecule has 1 amide bonds. The van der Waals surface area contributed by atoms with E-state index in [1.807, 2.05) is 13.8 Å². The number of carbonyl (C=O) groups excluding carboxylic acids is 1. The molecule has 0 radical (unpaired) electrons. The maximum atomic E-state index is 14.2. The summed E-state index contributed by atoms with van der Waals surface area (Å²) in [7, 11) is 1.67. The summed E-state index contributed by atoms with van der Waals surface area (Å²) in [6.07, 6.45) is 0. The Morgan fingerprint density at radius 3 is 2.64 bits per heavy atom. The number of hydrogen-bond donors (Lipinski definition) is 1. The number of nitrogens with zero attached hydrogens (tertiary/aromatic N) is 2. The maximum absolute atomic E-state index is 14.2. The second-order valence-corrected chi connectivity index (χ2v) is 7.00. The van der Waals surface area contributed by atoms with Crippen LogP contribution in [0.1, 0.15) is 30.0 Å². The molecular weight excluding hydrogens is 368 g/mol. The number of rotatable bonds is 5. The van der Waals surface area contributed by atoms with Crippen molar-refractivity contribution >= 4 is 29.9 Å². The van der Waals surface area contributed by atoms with Crippen LogP contribution in [-0.2, 0) is 0 Å². The lowest BCUT2D eigenvalue weighted by atomic mass is 9.93. The molecule has 2 rings (SSSR count). The molecule has 5 nitrogen and oxygen atoms in total. The number of aryl methyl sites for hydroxylation is 1. The zero-order valence-corrected chi connectivity index (χ0v) is 16.2. The van der Waals surface area contributed by atoms with Gasteiger partial charge in [0.1, 0.15) is 22.8 Å². The normalized spacial score (nSPS) is 11.2. The van der Waals surface area contributed by atoms with Gasteiger partial charge in [0.15, 0.2) is 0 Å². The smallest absolute Gasteiger partial charge is 0.259 e. The lowest BCUT2D eigenvalue weighted by molar-refractivity contribution is 0.0739. The number of amides is 1. The van der Waals surface area contributed by atoms with E-state index >= 15 is 0 Å². The molecule has 0 aliphatic carbocycles. The van der Waals surface area contributed by atoms with Crippen LogP contribution < -0.4 is 5.73 Å². The van der Waals surface area contributed by atoms with Crippen molar-refractivity contribution < 1.29 is 13.7 Å². The van der Waals surface area contributed by atoms with E-state index in [0.717, 1.165) is 0 Å². The van der Waals surface area contributed by atoms with Crippen LogP contribution in [0.15, 0.2) is 22.7 Å². The first-order chi connectivity index (χ1) is 11.2. The third-order valence-electron chi connectivity index (χ3n) is 3.84. The van der Waals surface area contributed by atoms with Crippen molar-refractivity contribution in [2.45, 2.75) is 20.8 Å². The predicted molar refractivity (Wildman–Crippen MR) is 98.7 cm³/mol. The minimum absolute atomic E-state index is 0. The highest BCUT2D eigenvalue weighted by Gasteiger charge is 2.29. The van der Waals surface area contributed by atoms with Gasteiger partial charge in [-0.3, -0.25) is 4.79 Å². The molecule has 1 aromatic carbocycles. The van der Waals surface area contributed by atoms with Crippen molar-refractivity contribution in [3.05, 3.63) is 40.4 Å². The summed E-state index contributed by atoms with van der Waals surface area (Å²) in [6.45, 7) is 6.41. The Labute approximate surface area is 157 Å². The molecule has 0 fully saturated rings. The molecule has 2 N–H and O–H groups in total. The molecular formula is C17H22Cl2FN3O2. The number of benzene rings is 1. The standard InChI is InChI=1S/C17H21ClFN3O2.ClH/c1-10-13(16(23)22(4)9-17(2,3)8-20)15(21-24-10)14-11(18)6-5-7-12(14)19;/h5-7H,8-9,20H2,1-4H3;1H. The van der Waals surface area contributed by atoms with E-state index < -0.39 is 5.82 Å². The van der Waals surface area contributed by atoms with Crippen molar-refractivity contribution in [1.82, 2.24) is 10.1 Å². The Kier molecular flexibility index (Phi) is 6.99. The molecule has 0 spiro atoms. The molecule has 138 valence electrons. The number of hydrogen-bond acceptors (Lipinski definition) is 4. The monoisotopic (exact) mass is 389 g/mol. The maximum Gasteiger partial charge on any atom is 0.259 e. The van der Waals surface area contributed by atoms with Gasteiger partial charge in [-0.25, -0.2) is 4.39 Å². The third-order valence-corrected chi connectivity index (χ3v) is 4.16. The molecule has 1 heterocycles. The largest absolute Gasteiger partial charge is 0.360 e. The molecule has 0 saturated heterocycles. The lowest BCUT2D eigenvalue weighted by Crippen LogP contribution is -2.40. The van der Waals surface area contributed by atoms with E-state index in [4.69, 9.17) is 21.9 Å². The van der Waals surface area contributed by atoms with Crippen LogP contribution in [0.25, 0.3) is 11.3 Å². The van der Waals surface area contributed by atoms with E-state index in [0.29, 0.717) is 18.8 Å². The summed E-state index contributed by atoms with van der Waals surface area (Å²) in [6, 6.07) is 4.30. The van der Waals surface area contributed by atoms with E-state index in [1.165, 1.54) is 17.0 Å². The number of halogens is 3. The molecule has 2 aromatic rings. The molecule has 0 bridgehead atoms. The minimum atomic E-state index is -0.560. The molecule has 0 saturated carbocycles. The zero-order chi connectivity index (χ0) is 18.1. The summed E-state index contributed by atoms with van der Waals surface area (Å²) < 4.78 is 19.3. The fourth-order valence-corrected chi connectivity index (χ4v) is 2.74. The van der Waals surface area contributed by atoms with E-state index in [9.17, 15) is 9.18 Å². The average Bonchev–Trinajstić information content (AvgIpc) is 2.87.